The van der Waals surface area contributed by atoms with Crippen LogP contribution in [0, 0.1) is 6.92 Å². The summed E-state index contributed by atoms with van der Waals surface area (Å²) in [6, 6.07) is 4.93. The van der Waals surface area contributed by atoms with Crippen LogP contribution in [0.5, 0.6) is 0 Å². The SMILES string of the molecule is Cc1c(C(=O)N2CSCC2C(=O)NC(C)(C)C)oc2c(Cl)cccc12. The van der Waals surface area contributed by atoms with Crippen LogP contribution in [0.15, 0.2) is 22.6 Å². The highest BCUT2D eigenvalue weighted by molar-refractivity contribution is 7.99. The maximum Gasteiger partial charge on any atom is 0.291 e. The van der Waals surface area contributed by atoms with Crippen molar-refractivity contribution in [2.75, 3.05) is 11.6 Å². The third kappa shape index (κ3) is 3.51. The van der Waals surface area contributed by atoms with Gasteiger partial charge < -0.3 is 14.6 Å². The molecule has 7 heteroatoms. The molecule has 0 saturated carbocycles. The minimum atomic E-state index is -0.500. The van der Waals surface area contributed by atoms with Gasteiger partial charge in [-0.15, -0.1) is 11.8 Å². The Morgan fingerprint density at radius 2 is 2.08 bits per heavy atom. The molecule has 1 atom stereocenters. The van der Waals surface area contributed by atoms with Crippen molar-refractivity contribution in [2.24, 2.45) is 0 Å². The number of carbonyl (C=O) groups excluding carboxylic acids is 2. The summed E-state index contributed by atoms with van der Waals surface area (Å²) in [5.41, 5.74) is 0.906. The monoisotopic (exact) mass is 380 g/mol. The first-order chi connectivity index (χ1) is 11.7. The number of aryl methyl sites for hydroxylation is 1. The fourth-order valence-electron chi connectivity index (χ4n) is 2.86. The normalized spacial score (nSPS) is 18.0. The summed E-state index contributed by atoms with van der Waals surface area (Å²) in [5, 5.41) is 4.24. The average Bonchev–Trinajstić information content (AvgIpc) is 3.11. The van der Waals surface area contributed by atoms with Crippen LogP contribution < -0.4 is 5.32 Å². The molecule has 3 rings (SSSR count). The van der Waals surface area contributed by atoms with Crippen molar-refractivity contribution >= 4 is 46.1 Å². The topological polar surface area (TPSA) is 62.6 Å². The Kier molecular flexibility index (Phi) is 4.77. The summed E-state index contributed by atoms with van der Waals surface area (Å²) in [5.74, 6) is 0.875. The summed E-state index contributed by atoms with van der Waals surface area (Å²) < 4.78 is 5.77. The lowest BCUT2D eigenvalue weighted by Crippen LogP contribution is -2.52. The van der Waals surface area contributed by atoms with Crippen molar-refractivity contribution in [1.29, 1.82) is 0 Å². The Morgan fingerprint density at radius 1 is 1.36 bits per heavy atom. The summed E-state index contributed by atoms with van der Waals surface area (Å²) in [6.07, 6.45) is 0. The van der Waals surface area contributed by atoms with Crippen molar-refractivity contribution in [3.05, 3.63) is 34.5 Å². The zero-order chi connectivity index (χ0) is 18.4. The summed E-state index contributed by atoms with van der Waals surface area (Å²) in [6.45, 7) is 7.60. The van der Waals surface area contributed by atoms with Crippen LogP contribution in [0.3, 0.4) is 0 Å². The quantitative estimate of drug-likeness (QED) is 0.860. The highest BCUT2D eigenvalue weighted by atomic mass is 35.5. The predicted molar refractivity (Wildman–Crippen MR) is 101 cm³/mol. The molecule has 1 aliphatic heterocycles. The number of hydrogen-bond acceptors (Lipinski definition) is 4. The molecular weight excluding hydrogens is 360 g/mol. The molecule has 0 spiro atoms. The van der Waals surface area contributed by atoms with E-state index in [2.05, 4.69) is 5.32 Å². The van der Waals surface area contributed by atoms with Crippen LogP contribution in [0.1, 0.15) is 36.9 Å². The average molecular weight is 381 g/mol. The van der Waals surface area contributed by atoms with E-state index in [0.717, 1.165) is 10.9 Å². The zero-order valence-electron chi connectivity index (χ0n) is 14.7. The van der Waals surface area contributed by atoms with Gasteiger partial charge in [0, 0.05) is 22.2 Å². The smallest absolute Gasteiger partial charge is 0.291 e. The number of benzene rings is 1. The second-order valence-corrected chi connectivity index (χ2v) is 8.61. The number of thioether (sulfide) groups is 1. The first-order valence-electron chi connectivity index (χ1n) is 8.07. The third-order valence-electron chi connectivity index (χ3n) is 4.05. The van der Waals surface area contributed by atoms with E-state index in [9.17, 15) is 9.59 Å². The molecule has 1 unspecified atom stereocenters. The Morgan fingerprint density at radius 3 is 2.72 bits per heavy atom. The number of nitrogens with zero attached hydrogens (tertiary/aromatic N) is 1. The van der Waals surface area contributed by atoms with E-state index < -0.39 is 6.04 Å². The molecule has 0 bridgehead atoms. The Labute approximate surface area is 156 Å². The van der Waals surface area contributed by atoms with E-state index in [-0.39, 0.29) is 23.1 Å². The molecule has 1 N–H and O–H groups in total. The van der Waals surface area contributed by atoms with Crippen molar-refractivity contribution in [3.8, 4) is 0 Å². The van der Waals surface area contributed by atoms with Gasteiger partial charge in [0.05, 0.1) is 10.9 Å². The molecule has 2 amide bonds. The number of halogens is 1. The highest BCUT2D eigenvalue weighted by Gasteiger charge is 2.38. The van der Waals surface area contributed by atoms with Crippen molar-refractivity contribution in [1.82, 2.24) is 10.2 Å². The van der Waals surface area contributed by atoms with Crippen molar-refractivity contribution in [2.45, 2.75) is 39.3 Å². The van der Waals surface area contributed by atoms with Gasteiger partial charge in [-0.2, -0.15) is 0 Å². The lowest BCUT2D eigenvalue weighted by atomic mass is 10.1. The number of fused-ring (bicyclic) bond motifs is 1. The highest BCUT2D eigenvalue weighted by Crippen LogP contribution is 2.33. The van der Waals surface area contributed by atoms with Crippen molar-refractivity contribution < 1.29 is 14.0 Å². The molecule has 1 aromatic carbocycles. The third-order valence-corrected chi connectivity index (χ3v) is 5.36. The van der Waals surface area contributed by atoms with E-state index in [1.807, 2.05) is 39.8 Å². The summed E-state index contributed by atoms with van der Waals surface area (Å²) in [4.78, 5) is 27.1. The first kappa shape index (κ1) is 18.1. The molecule has 25 heavy (non-hydrogen) atoms. The largest absolute Gasteiger partial charge is 0.449 e. The van der Waals surface area contributed by atoms with Crippen LogP contribution in [0.2, 0.25) is 5.02 Å². The molecule has 1 saturated heterocycles. The molecule has 1 aromatic heterocycles. The molecule has 0 aliphatic carbocycles. The Hall–Kier alpha value is -1.66. The zero-order valence-corrected chi connectivity index (χ0v) is 16.3. The lowest BCUT2D eigenvalue weighted by Gasteiger charge is -2.27. The van der Waals surface area contributed by atoms with Crippen LogP contribution in [0.25, 0.3) is 11.0 Å². The second kappa shape index (κ2) is 6.57. The Bertz CT molecular complexity index is 841. The lowest BCUT2D eigenvalue weighted by molar-refractivity contribution is -0.125. The van der Waals surface area contributed by atoms with Gasteiger partial charge in [-0.05, 0) is 33.8 Å². The number of hydrogen-bond donors (Lipinski definition) is 1. The Balaban J connectivity index is 1.91. The van der Waals surface area contributed by atoms with Gasteiger partial charge in [-0.1, -0.05) is 23.7 Å². The van der Waals surface area contributed by atoms with Gasteiger partial charge in [0.25, 0.3) is 5.91 Å². The summed E-state index contributed by atoms with van der Waals surface area (Å²) in [7, 11) is 0. The van der Waals surface area contributed by atoms with E-state index in [1.54, 1.807) is 22.7 Å². The molecule has 1 fully saturated rings. The van der Waals surface area contributed by atoms with Gasteiger partial charge >= 0.3 is 0 Å². The molecule has 2 aromatic rings. The molecule has 5 nitrogen and oxygen atoms in total. The molecular formula is C18H21ClN2O3S. The fraction of sp³-hybridized carbons (Fsp3) is 0.444. The number of rotatable bonds is 2. The summed E-state index contributed by atoms with van der Waals surface area (Å²) >= 11 is 7.73. The first-order valence-corrected chi connectivity index (χ1v) is 9.60. The second-order valence-electron chi connectivity index (χ2n) is 7.20. The molecule has 2 heterocycles. The number of carbonyl (C=O) groups is 2. The van der Waals surface area contributed by atoms with E-state index in [4.69, 9.17) is 16.0 Å². The molecule has 0 radical (unpaired) electrons. The van der Waals surface area contributed by atoms with Gasteiger partial charge in [-0.3, -0.25) is 9.59 Å². The van der Waals surface area contributed by atoms with Gasteiger partial charge in [0.1, 0.15) is 6.04 Å². The fourth-order valence-corrected chi connectivity index (χ4v) is 4.22. The standard InChI is InChI=1S/C18H21ClN2O3S/c1-10-11-6-5-7-12(19)15(11)24-14(10)17(23)21-9-25-8-13(21)16(22)20-18(2,3)4/h5-7,13H,8-9H2,1-4H3,(H,20,22). The predicted octanol–water partition coefficient (Wildman–Crippen LogP) is 3.82. The van der Waals surface area contributed by atoms with E-state index in [0.29, 0.717) is 22.2 Å². The maximum absolute atomic E-state index is 13.0. The molecule has 134 valence electrons. The number of para-hydroxylation sites is 1. The van der Waals surface area contributed by atoms with Crippen LogP contribution in [-0.2, 0) is 4.79 Å². The molecule has 1 aliphatic rings. The van der Waals surface area contributed by atoms with Gasteiger partial charge in [0.15, 0.2) is 11.3 Å². The van der Waals surface area contributed by atoms with Gasteiger partial charge in [0.2, 0.25) is 5.91 Å². The van der Waals surface area contributed by atoms with Gasteiger partial charge in [-0.25, -0.2) is 0 Å². The number of furan rings is 1. The van der Waals surface area contributed by atoms with Crippen LogP contribution in [-0.4, -0.2) is 39.9 Å². The van der Waals surface area contributed by atoms with E-state index in [1.165, 1.54) is 0 Å². The number of amides is 2. The van der Waals surface area contributed by atoms with Crippen molar-refractivity contribution in [3.63, 3.8) is 0 Å². The number of nitrogens with one attached hydrogen (secondary N) is 1. The minimum absolute atomic E-state index is 0.141. The van der Waals surface area contributed by atoms with E-state index >= 15 is 0 Å². The van der Waals surface area contributed by atoms with Crippen LogP contribution in [0.4, 0.5) is 0 Å². The minimum Gasteiger partial charge on any atom is -0.449 e. The maximum atomic E-state index is 13.0. The van der Waals surface area contributed by atoms with Crippen LogP contribution >= 0.6 is 23.4 Å².